The molecular formula is C21H23Cl2N5O2. The fraction of sp³-hybridized carbons (Fsp3) is 0.381. The van der Waals surface area contributed by atoms with Crippen molar-refractivity contribution in [3.8, 4) is 22.8 Å². The lowest BCUT2D eigenvalue weighted by atomic mass is 10.1. The summed E-state index contributed by atoms with van der Waals surface area (Å²) >= 11 is 13.3. The van der Waals surface area contributed by atoms with Gasteiger partial charge >= 0.3 is 0 Å². The van der Waals surface area contributed by atoms with Gasteiger partial charge in [0.05, 0.1) is 30.0 Å². The van der Waals surface area contributed by atoms with Crippen molar-refractivity contribution in [1.29, 1.82) is 0 Å². The van der Waals surface area contributed by atoms with Crippen molar-refractivity contribution in [3.05, 3.63) is 28.4 Å². The minimum absolute atomic E-state index is 0.374. The van der Waals surface area contributed by atoms with Gasteiger partial charge in [0, 0.05) is 43.9 Å². The number of methoxy groups -OCH3 is 2. The second-order valence-electron chi connectivity index (χ2n) is 7.32. The molecule has 3 aromatic rings. The molecule has 1 aliphatic rings. The lowest BCUT2D eigenvalue weighted by molar-refractivity contribution is 0.395. The zero-order valence-corrected chi connectivity index (χ0v) is 18.8. The zero-order valence-electron chi connectivity index (χ0n) is 17.3. The molecule has 1 N–H and O–H groups in total. The van der Waals surface area contributed by atoms with Crippen molar-refractivity contribution in [2.75, 3.05) is 45.1 Å². The molecule has 30 heavy (non-hydrogen) atoms. The summed E-state index contributed by atoms with van der Waals surface area (Å²) in [6.45, 7) is 0.910. The molecule has 2 heterocycles. The van der Waals surface area contributed by atoms with Crippen LogP contribution in [-0.4, -0.2) is 49.8 Å². The summed E-state index contributed by atoms with van der Waals surface area (Å²) in [4.78, 5) is 16.1. The number of hydrogen-bond donors (Lipinski definition) is 1. The van der Waals surface area contributed by atoms with E-state index in [0.29, 0.717) is 44.7 Å². The number of ether oxygens (including phenoxy) is 2. The van der Waals surface area contributed by atoms with E-state index in [1.54, 1.807) is 33.5 Å². The van der Waals surface area contributed by atoms with Crippen LogP contribution in [0.25, 0.3) is 22.2 Å². The molecule has 0 aliphatic heterocycles. The Morgan fingerprint density at radius 3 is 2.33 bits per heavy atom. The van der Waals surface area contributed by atoms with Gasteiger partial charge in [-0.25, -0.2) is 15.0 Å². The second-order valence-corrected chi connectivity index (χ2v) is 8.08. The Hall–Kier alpha value is -2.51. The van der Waals surface area contributed by atoms with Gasteiger partial charge in [0.2, 0.25) is 5.95 Å². The maximum Gasteiger partial charge on any atom is 0.223 e. The van der Waals surface area contributed by atoms with E-state index in [1.807, 2.05) is 13.1 Å². The summed E-state index contributed by atoms with van der Waals surface area (Å²) in [5.41, 5.74) is 1.92. The molecule has 1 aliphatic carbocycles. The van der Waals surface area contributed by atoms with E-state index in [9.17, 15) is 0 Å². The second kappa shape index (κ2) is 8.32. The van der Waals surface area contributed by atoms with Crippen LogP contribution in [0, 0.1) is 5.92 Å². The van der Waals surface area contributed by atoms with Crippen molar-refractivity contribution in [2.45, 2.75) is 12.8 Å². The van der Waals surface area contributed by atoms with Crippen LogP contribution in [0.2, 0.25) is 10.0 Å². The summed E-state index contributed by atoms with van der Waals surface area (Å²) in [6.07, 6.45) is 4.25. The van der Waals surface area contributed by atoms with Gasteiger partial charge in [-0.3, -0.25) is 0 Å². The Balaban J connectivity index is 1.96. The fourth-order valence-corrected chi connectivity index (χ4v) is 4.12. The molecule has 158 valence electrons. The van der Waals surface area contributed by atoms with Gasteiger partial charge in [0.25, 0.3) is 0 Å². The maximum atomic E-state index is 6.64. The van der Waals surface area contributed by atoms with Gasteiger partial charge < -0.3 is 19.7 Å². The van der Waals surface area contributed by atoms with Crippen molar-refractivity contribution >= 4 is 45.9 Å². The molecule has 0 radical (unpaired) electrons. The highest BCUT2D eigenvalue weighted by Crippen LogP contribution is 2.46. The molecule has 1 saturated carbocycles. The number of pyridine rings is 1. The fourth-order valence-electron chi connectivity index (χ4n) is 3.42. The average Bonchev–Trinajstić information content (AvgIpc) is 3.57. The smallest absolute Gasteiger partial charge is 0.223 e. The number of aromatic nitrogens is 3. The molecule has 0 saturated heterocycles. The quantitative estimate of drug-likeness (QED) is 0.551. The zero-order chi connectivity index (χ0) is 21.4. The Bertz CT molecular complexity index is 1080. The number of rotatable bonds is 7. The number of hydrogen-bond acceptors (Lipinski definition) is 7. The van der Waals surface area contributed by atoms with Crippen LogP contribution in [0.4, 0.5) is 11.8 Å². The van der Waals surface area contributed by atoms with E-state index in [4.69, 9.17) is 37.7 Å². The number of benzene rings is 1. The molecule has 1 fully saturated rings. The molecular weight excluding hydrogens is 425 g/mol. The van der Waals surface area contributed by atoms with E-state index in [0.717, 1.165) is 23.3 Å². The number of fused-ring (bicyclic) bond motifs is 1. The molecule has 0 bridgehead atoms. The Labute approximate surface area is 185 Å². The van der Waals surface area contributed by atoms with Crippen LogP contribution in [0.1, 0.15) is 12.8 Å². The van der Waals surface area contributed by atoms with Gasteiger partial charge in [-0.05, 0) is 24.8 Å². The highest BCUT2D eigenvalue weighted by atomic mass is 35.5. The first-order valence-electron chi connectivity index (χ1n) is 9.63. The van der Waals surface area contributed by atoms with Gasteiger partial charge in [-0.2, -0.15) is 0 Å². The minimum Gasteiger partial charge on any atom is -0.495 e. The molecule has 1 aromatic carbocycles. The molecule has 0 atom stereocenters. The van der Waals surface area contributed by atoms with Crippen LogP contribution in [0.3, 0.4) is 0 Å². The summed E-state index contributed by atoms with van der Waals surface area (Å²) in [5, 5.41) is 4.58. The van der Waals surface area contributed by atoms with Crippen molar-refractivity contribution in [3.63, 3.8) is 0 Å². The molecule has 9 heteroatoms. The normalized spacial score (nSPS) is 13.4. The first-order chi connectivity index (χ1) is 14.5. The van der Waals surface area contributed by atoms with E-state index in [-0.39, 0.29) is 0 Å². The summed E-state index contributed by atoms with van der Waals surface area (Å²) < 4.78 is 10.8. The SMILES string of the molecule is CNc1ncc2cc(-c3c(Cl)c(OC)cc(OC)c3Cl)nc(N(C)CC3CC3)c2n1. The monoisotopic (exact) mass is 447 g/mol. The molecule has 0 unspecified atom stereocenters. The molecule has 2 aromatic heterocycles. The van der Waals surface area contributed by atoms with Crippen molar-refractivity contribution in [1.82, 2.24) is 15.0 Å². The number of nitrogens with zero attached hydrogens (tertiary/aromatic N) is 4. The Morgan fingerprint density at radius 1 is 1.10 bits per heavy atom. The molecule has 0 spiro atoms. The highest BCUT2D eigenvalue weighted by Gasteiger charge is 2.26. The van der Waals surface area contributed by atoms with Gasteiger partial charge in [-0.1, -0.05) is 23.2 Å². The third-order valence-corrected chi connectivity index (χ3v) is 5.94. The third kappa shape index (κ3) is 3.79. The third-order valence-electron chi connectivity index (χ3n) is 5.19. The molecule has 0 amide bonds. The highest BCUT2D eigenvalue weighted by molar-refractivity contribution is 6.41. The van der Waals surface area contributed by atoms with Crippen LogP contribution >= 0.6 is 23.2 Å². The average molecular weight is 448 g/mol. The molecule has 7 nitrogen and oxygen atoms in total. The standard InChI is InChI=1S/C21H23Cl2N5O2/c1-24-21-25-9-12-7-13(16-17(22)14(29-3)8-15(30-4)18(16)23)26-20(19(12)27-21)28(2)10-11-5-6-11/h7-9,11H,5-6,10H2,1-4H3,(H,24,25,27). The van der Waals surface area contributed by atoms with Gasteiger partial charge in [0.15, 0.2) is 5.82 Å². The van der Waals surface area contributed by atoms with E-state index in [1.165, 1.54) is 12.8 Å². The van der Waals surface area contributed by atoms with E-state index < -0.39 is 0 Å². The van der Waals surface area contributed by atoms with Crippen LogP contribution in [-0.2, 0) is 0 Å². The largest absolute Gasteiger partial charge is 0.495 e. The van der Waals surface area contributed by atoms with Crippen LogP contribution < -0.4 is 19.7 Å². The minimum atomic E-state index is 0.374. The van der Waals surface area contributed by atoms with Crippen LogP contribution in [0.5, 0.6) is 11.5 Å². The molecule has 4 rings (SSSR count). The van der Waals surface area contributed by atoms with Gasteiger partial charge in [0.1, 0.15) is 17.0 Å². The first kappa shape index (κ1) is 20.8. The Kier molecular flexibility index (Phi) is 5.75. The summed E-state index contributed by atoms with van der Waals surface area (Å²) in [5.74, 6) is 2.90. The number of halogens is 2. The van der Waals surface area contributed by atoms with Crippen molar-refractivity contribution < 1.29 is 9.47 Å². The summed E-state index contributed by atoms with van der Waals surface area (Å²) in [6, 6.07) is 3.55. The van der Waals surface area contributed by atoms with Crippen LogP contribution in [0.15, 0.2) is 18.3 Å². The predicted molar refractivity (Wildman–Crippen MR) is 121 cm³/mol. The lowest BCUT2D eigenvalue weighted by Crippen LogP contribution is -2.22. The van der Waals surface area contributed by atoms with E-state index >= 15 is 0 Å². The summed E-state index contributed by atoms with van der Waals surface area (Å²) in [7, 11) is 6.92. The first-order valence-corrected chi connectivity index (χ1v) is 10.4. The topological polar surface area (TPSA) is 72.4 Å². The maximum absolute atomic E-state index is 6.64. The van der Waals surface area contributed by atoms with Gasteiger partial charge in [-0.15, -0.1) is 0 Å². The Morgan fingerprint density at radius 2 is 1.77 bits per heavy atom. The lowest BCUT2D eigenvalue weighted by Gasteiger charge is -2.21. The van der Waals surface area contributed by atoms with E-state index in [2.05, 4.69) is 20.2 Å². The number of nitrogens with one attached hydrogen (secondary N) is 1. The van der Waals surface area contributed by atoms with Crippen molar-refractivity contribution in [2.24, 2.45) is 5.92 Å². The predicted octanol–water partition coefficient (Wildman–Crippen LogP) is 4.90. The number of anilines is 2.